The third-order valence-corrected chi connectivity index (χ3v) is 3.35. The number of halogens is 4. The molecule has 0 aliphatic rings. The summed E-state index contributed by atoms with van der Waals surface area (Å²) in [5.41, 5.74) is 0.478. The van der Waals surface area contributed by atoms with Crippen LogP contribution in [0.2, 0.25) is 5.02 Å². The molecule has 1 N–H and O–H groups in total. The number of alkyl halides is 3. The highest BCUT2D eigenvalue weighted by Crippen LogP contribution is 2.24. The predicted octanol–water partition coefficient (Wildman–Crippen LogP) is 3.79. The molecule has 2 heterocycles. The van der Waals surface area contributed by atoms with Crippen LogP contribution in [0.15, 0.2) is 30.6 Å². The quantitative estimate of drug-likeness (QED) is 0.761. The van der Waals surface area contributed by atoms with Gasteiger partial charge >= 0.3 is 6.18 Å². The van der Waals surface area contributed by atoms with Crippen molar-refractivity contribution in [3.8, 4) is 11.8 Å². The van der Waals surface area contributed by atoms with E-state index in [1.165, 1.54) is 30.6 Å². The Morgan fingerprint density at radius 2 is 2.04 bits per heavy atom. The zero-order valence-electron chi connectivity index (χ0n) is 14.5. The molecule has 0 aromatic carbocycles. The molecule has 2 aromatic heterocycles. The maximum atomic E-state index is 12.3. The van der Waals surface area contributed by atoms with Gasteiger partial charge in [0.2, 0.25) is 11.8 Å². The van der Waals surface area contributed by atoms with Gasteiger partial charge in [-0.25, -0.2) is 9.97 Å². The van der Waals surface area contributed by atoms with Gasteiger partial charge < -0.3 is 14.8 Å². The molecular formula is C17H17ClF3N3O3. The SMILES string of the molecule is CC(C)Oc1ncc(C(=O)NCc2cccnc2OCC(F)(F)F)cc1Cl. The van der Waals surface area contributed by atoms with Crippen LogP contribution in [-0.4, -0.2) is 34.8 Å². The fourth-order valence-electron chi connectivity index (χ4n) is 1.98. The first kappa shape index (κ1) is 20.8. The lowest BCUT2D eigenvalue weighted by Gasteiger charge is -2.13. The lowest BCUT2D eigenvalue weighted by Crippen LogP contribution is -2.24. The Hall–Kier alpha value is -2.55. The van der Waals surface area contributed by atoms with Gasteiger partial charge in [-0.15, -0.1) is 0 Å². The zero-order chi connectivity index (χ0) is 20.0. The number of hydrogen-bond donors (Lipinski definition) is 1. The Kier molecular flexibility index (Phi) is 6.84. The van der Waals surface area contributed by atoms with Gasteiger partial charge in [0.25, 0.3) is 5.91 Å². The third kappa shape index (κ3) is 6.59. The molecule has 0 saturated heterocycles. The minimum Gasteiger partial charge on any atom is -0.474 e. The van der Waals surface area contributed by atoms with Gasteiger partial charge in [-0.2, -0.15) is 13.2 Å². The second-order valence-electron chi connectivity index (χ2n) is 5.73. The third-order valence-electron chi connectivity index (χ3n) is 3.08. The normalized spacial score (nSPS) is 11.4. The second-order valence-corrected chi connectivity index (χ2v) is 6.14. The number of carbonyl (C=O) groups is 1. The van der Waals surface area contributed by atoms with Crippen LogP contribution >= 0.6 is 11.6 Å². The van der Waals surface area contributed by atoms with E-state index in [-0.39, 0.29) is 35.0 Å². The number of rotatable bonds is 7. The summed E-state index contributed by atoms with van der Waals surface area (Å²) in [5.74, 6) is -0.503. The number of hydrogen-bond acceptors (Lipinski definition) is 5. The number of nitrogens with zero attached hydrogens (tertiary/aromatic N) is 2. The summed E-state index contributed by atoms with van der Waals surface area (Å²) in [7, 11) is 0. The molecule has 2 aromatic rings. The molecule has 0 atom stereocenters. The van der Waals surface area contributed by atoms with Crippen molar-refractivity contribution in [2.45, 2.75) is 32.7 Å². The van der Waals surface area contributed by atoms with Crippen LogP contribution in [0.1, 0.15) is 29.8 Å². The molecule has 0 radical (unpaired) electrons. The van der Waals surface area contributed by atoms with Crippen LogP contribution in [0.5, 0.6) is 11.8 Å². The molecule has 2 rings (SSSR count). The minimum atomic E-state index is -4.49. The number of ether oxygens (including phenoxy) is 2. The number of pyridine rings is 2. The largest absolute Gasteiger partial charge is 0.474 e. The topological polar surface area (TPSA) is 73.3 Å². The van der Waals surface area contributed by atoms with Crippen LogP contribution in [0.3, 0.4) is 0 Å². The summed E-state index contributed by atoms with van der Waals surface area (Å²) < 4.78 is 47.0. The van der Waals surface area contributed by atoms with E-state index in [0.29, 0.717) is 5.56 Å². The van der Waals surface area contributed by atoms with Crippen molar-refractivity contribution in [2.75, 3.05) is 6.61 Å². The number of amides is 1. The van der Waals surface area contributed by atoms with Crippen LogP contribution < -0.4 is 14.8 Å². The number of aromatic nitrogens is 2. The van der Waals surface area contributed by atoms with E-state index in [9.17, 15) is 18.0 Å². The smallest absolute Gasteiger partial charge is 0.422 e. The van der Waals surface area contributed by atoms with E-state index in [2.05, 4.69) is 20.0 Å². The van der Waals surface area contributed by atoms with Crippen molar-refractivity contribution < 1.29 is 27.4 Å². The first-order chi connectivity index (χ1) is 12.7. The Balaban J connectivity index is 2.02. The lowest BCUT2D eigenvalue weighted by atomic mass is 10.2. The van der Waals surface area contributed by atoms with Crippen LogP contribution in [0, 0.1) is 0 Å². The van der Waals surface area contributed by atoms with E-state index < -0.39 is 18.7 Å². The standard InChI is InChI=1S/C17H17ClF3N3O3/c1-10(2)27-16-13(18)6-12(8-24-16)14(25)23-7-11-4-3-5-22-15(11)26-9-17(19,20)21/h3-6,8,10H,7,9H2,1-2H3,(H,23,25). The Morgan fingerprint density at radius 1 is 1.30 bits per heavy atom. The molecule has 10 heteroatoms. The number of nitrogens with one attached hydrogen (secondary N) is 1. The molecule has 0 fully saturated rings. The summed E-state index contributed by atoms with van der Waals surface area (Å²) in [6.45, 7) is 2.07. The van der Waals surface area contributed by atoms with E-state index in [1.807, 2.05) is 13.8 Å². The van der Waals surface area contributed by atoms with Crippen LogP contribution in [-0.2, 0) is 6.54 Å². The maximum Gasteiger partial charge on any atom is 0.422 e. The predicted molar refractivity (Wildman–Crippen MR) is 92.0 cm³/mol. The molecule has 0 bridgehead atoms. The molecule has 0 spiro atoms. The van der Waals surface area contributed by atoms with Gasteiger partial charge in [0.05, 0.1) is 11.7 Å². The van der Waals surface area contributed by atoms with Crippen molar-refractivity contribution in [1.82, 2.24) is 15.3 Å². The average molecular weight is 404 g/mol. The van der Waals surface area contributed by atoms with Gasteiger partial charge in [0, 0.05) is 24.5 Å². The van der Waals surface area contributed by atoms with Gasteiger partial charge in [-0.1, -0.05) is 17.7 Å². The van der Waals surface area contributed by atoms with Gasteiger partial charge in [0.15, 0.2) is 6.61 Å². The molecule has 27 heavy (non-hydrogen) atoms. The van der Waals surface area contributed by atoms with Gasteiger partial charge in [0.1, 0.15) is 5.02 Å². The van der Waals surface area contributed by atoms with Gasteiger partial charge in [-0.3, -0.25) is 4.79 Å². The van der Waals surface area contributed by atoms with E-state index >= 15 is 0 Å². The summed E-state index contributed by atoms with van der Waals surface area (Å²) in [6.07, 6.45) is -2.02. The number of carbonyl (C=O) groups excluding carboxylic acids is 1. The van der Waals surface area contributed by atoms with Crippen molar-refractivity contribution in [3.63, 3.8) is 0 Å². The molecular weight excluding hydrogens is 387 g/mol. The highest BCUT2D eigenvalue weighted by atomic mass is 35.5. The summed E-state index contributed by atoms with van der Waals surface area (Å²) >= 11 is 6.04. The van der Waals surface area contributed by atoms with Crippen molar-refractivity contribution in [1.29, 1.82) is 0 Å². The van der Waals surface area contributed by atoms with Crippen molar-refractivity contribution in [3.05, 3.63) is 46.7 Å². The average Bonchev–Trinajstić information content (AvgIpc) is 2.59. The first-order valence-electron chi connectivity index (χ1n) is 7.89. The van der Waals surface area contributed by atoms with Crippen LogP contribution in [0.4, 0.5) is 13.2 Å². The Bertz CT molecular complexity index is 800. The highest BCUT2D eigenvalue weighted by Gasteiger charge is 2.29. The Morgan fingerprint density at radius 3 is 2.67 bits per heavy atom. The maximum absolute atomic E-state index is 12.3. The zero-order valence-corrected chi connectivity index (χ0v) is 15.3. The van der Waals surface area contributed by atoms with E-state index in [1.54, 1.807) is 0 Å². The fourth-order valence-corrected chi connectivity index (χ4v) is 2.19. The van der Waals surface area contributed by atoms with Crippen LogP contribution in [0.25, 0.3) is 0 Å². The molecule has 0 aliphatic carbocycles. The molecule has 0 aliphatic heterocycles. The fraction of sp³-hybridized carbons (Fsp3) is 0.353. The summed E-state index contributed by atoms with van der Waals surface area (Å²) in [5, 5.41) is 2.73. The molecule has 6 nitrogen and oxygen atoms in total. The monoisotopic (exact) mass is 403 g/mol. The van der Waals surface area contributed by atoms with E-state index in [0.717, 1.165) is 0 Å². The molecule has 1 amide bonds. The second kappa shape index (κ2) is 8.90. The van der Waals surface area contributed by atoms with Crippen molar-refractivity contribution >= 4 is 17.5 Å². The lowest BCUT2D eigenvalue weighted by molar-refractivity contribution is -0.154. The summed E-state index contributed by atoms with van der Waals surface area (Å²) in [4.78, 5) is 20.0. The minimum absolute atomic E-state index is 0.0816. The van der Waals surface area contributed by atoms with Gasteiger partial charge in [-0.05, 0) is 26.0 Å². The molecule has 0 saturated carbocycles. The van der Waals surface area contributed by atoms with E-state index in [4.69, 9.17) is 16.3 Å². The van der Waals surface area contributed by atoms with Crippen molar-refractivity contribution in [2.24, 2.45) is 0 Å². The highest BCUT2D eigenvalue weighted by molar-refractivity contribution is 6.32. The Labute approximate surface area is 158 Å². The molecule has 146 valence electrons. The molecule has 0 unspecified atom stereocenters. The summed E-state index contributed by atoms with van der Waals surface area (Å²) in [6, 6.07) is 4.42. The first-order valence-corrected chi connectivity index (χ1v) is 8.27.